The summed E-state index contributed by atoms with van der Waals surface area (Å²) in [6.45, 7) is -0.634. The summed E-state index contributed by atoms with van der Waals surface area (Å²) in [4.78, 5) is 51.1. The molecule has 16 heteroatoms. The number of nitrogens with two attached hydrogens (primary N) is 1. The standard InChI is InChI=1S/C23H19BrF2N10O3/c24-17-2-1-3-18(31-17)32-22(39)16-4-13(25)9-35(16)19(37)11-34-10-15(20(33-34)21(27)38)12-5-30-36(8-12)23-28-6-14(26)7-29-23/h1-3,5-8,10,13,15-16H,4,9,11H2,(H2-,27,31,32,38,39)/p+1/t13-,15?,16+/m1/s1. The van der Waals surface area contributed by atoms with E-state index in [0.717, 1.165) is 17.3 Å². The van der Waals surface area contributed by atoms with Gasteiger partial charge in [-0.25, -0.2) is 28.4 Å². The molecule has 3 aromatic heterocycles. The Labute approximate surface area is 227 Å². The lowest BCUT2D eigenvalue weighted by molar-refractivity contribution is -0.515. The molecule has 1 unspecified atom stereocenters. The number of halogens is 3. The van der Waals surface area contributed by atoms with Crippen molar-refractivity contribution < 1.29 is 27.8 Å². The van der Waals surface area contributed by atoms with Crippen LogP contribution in [0.1, 0.15) is 17.9 Å². The van der Waals surface area contributed by atoms with Crippen molar-refractivity contribution in [3.05, 3.63) is 59.0 Å². The van der Waals surface area contributed by atoms with Crippen molar-refractivity contribution >= 4 is 51.4 Å². The second-order valence-corrected chi connectivity index (χ2v) is 9.54. The molecule has 3 amide bonds. The molecular weight excluding hydrogens is 582 g/mol. The van der Waals surface area contributed by atoms with Crippen molar-refractivity contribution in [3.8, 4) is 5.95 Å². The largest absolute Gasteiger partial charge is 0.364 e. The van der Waals surface area contributed by atoms with E-state index >= 15 is 0 Å². The first-order chi connectivity index (χ1) is 18.7. The van der Waals surface area contributed by atoms with Crippen molar-refractivity contribution in [1.82, 2.24) is 29.6 Å². The molecule has 5 heterocycles. The Bertz CT molecular complexity index is 1510. The van der Waals surface area contributed by atoms with Gasteiger partial charge in [0.25, 0.3) is 24.3 Å². The molecule has 1 fully saturated rings. The lowest BCUT2D eigenvalue weighted by Crippen LogP contribution is -2.45. The number of nitrogens with one attached hydrogen (secondary N) is 1. The van der Waals surface area contributed by atoms with Crippen LogP contribution in [-0.2, 0) is 14.4 Å². The van der Waals surface area contributed by atoms with Crippen molar-refractivity contribution in [3.63, 3.8) is 0 Å². The highest BCUT2D eigenvalue weighted by molar-refractivity contribution is 9.10. The number of primary amides is 1. The minimum Gasteiger partial charge on any atom is -0.364 e. The quantitative estimate of drug-likeness (QED) is 0.295. The van der Waals surface area contributed by atoms with E-state index in [1.165, 1.54) is 28.0 Å². The number of rotatable bonds is 7. The third kappa shape index (κ3) is 5.69. The molecule has 3 N–H and O–H groups in total. The first kappa shape index (κ1) is 26.1. The molecule has 0 saturated carbocycles. The average molecular weight is 602 g/mol. The normalized spacial score (nSPS) is 20.5. The molecule has 3 atom stereocenters. The van der Waals surface area contributed by atoms with Crippen LogP contribution in [0.25, 0.3) is 5.95 Å². The van der Waals surface area contributed by atoms with Crippen LogP contribution in [0.2, 0.25) is 0 Å². The van der Waals surface area contributed by atoms with E-state index in [1.54, 1.807) is 18.2 Å². The maximum absolute atomic E-state index is 14.3. The molecule has 39 heavy (non-hydrogen) atoms. The molecule has 0 bridgehead atoms. The number of hydrazone groups is 1. The Morgan fingerprint density at radius 2 is 1.97 bits per heavy atom. The zero-order valence-electron chi connectivity index (χ0n) is 20.0. The number of amides is 3. The predicted molar refractivity (Wildman–Crippen MR) is 135 cm³/mol. The zero-order chi connectivity index (χ0) is 27.7. The van der Waals surface area contributed by atoms with Crippen molar-refractivity contribution in [2.45, 2.75) is 24.6 Å². The molecule has 0 spiro atoms. The molecule has 0 radical (unpaired) electrons. The highest BCUT2D eigenvalue weighted by Crippen LogP contribution is 2.24. The predicted octanol–water partition coefficient (Wildman–Crippen LogP) is 0.558. The monoisotopic (exact) mass is 601 g/mol. The number of carbonyl (C=O) groups excluding carboxylic acids is 3. The smallest absolute Gasteiger partial charge is 0.291 e. The topological polar surface area (TPSA) is 164 Å². The van der Waals surface area contributed by atoms with E-state index in [4.69, 9.17) is 5.73 Å². The third-order valence-corrected chi connectivity index (χ3v) is 6.46. The van der Waals surface area contributed by atoms with E-state index < -0.39 is 41.7 Å². The van der Waals surface area contributed by atoms with Gasteiger partial charge in [-0.1, -0.05) is 10.8 Å². The summed E-state index contributed by atoms with van der Waals surface area (Å²) in [6, 6.07) is 3.87. The Kier molecular flexibility index (Phi) is 7.19. The molecule has 2 aliphatic heterocycles. The highest BCUT2D eigenvalue weighted by atomic mass is 79.9. The minimum atomic E-state index is -1.39. The lowest BCUT2D eigenvalue weighted by Gasteiger charge is -2.22. The van der Waals surface area contributed by atoms with Crippen LogP contribution >= 0.6 is 15.9 Å². The van der Waals surface area contributed by atoms with Gasteiger partial charge >= 0.3 is 0 Å². The number of hydrogen-bond donors (Lipinski definition) is 2. The molecule has 1 saturated heterocycles. The van der Waals surface area contributed by atoms with Gasteiger partial charge in [0.1, 0.15) is 28.6 Å². The molecule has 3 aromatic rings. The fourth-order valence-electron chi connectivity index (χ4n) is 4.27. The fourth-order valence-corrected chi connectivity index (χ4v) is 4.61. The van der Waals surface area contributed by atoms with Gasteiger partial charge in [-0.05, 0) is 28.1 Å². The Morgan fingerprint density at radius 1 is 1.21 bits per heavy atom. The summed E-state index contributed by atoms with van der Waals surface area (Å²) >= 11 is 3.22. The third-order valence-electron chi connectivity index (χ3n) is 6.01. The molecule has 5 rings (SSSR count). The Hall–Kier alpha value is -4.47. The molecule has 0 aromatic carbocycles. The summed E-state index contributed by atoms with van der Waals surface area (Å²) in [5.41, 5.74) is 5.95. The number of alkyl halides is 1. The van der Waals surface area contributed by atoms with Crippen LogP contribution in [0, 0.1) is 5.82 Å². The maximum atomic E-state index is 14.3. The summed E-state index contributed by atoms with van der Waals surface area (Å²) in [5.74, 6) is -2.98. The van der Waals surface area contributed by atoms with Crippen LogP contribution in [0.5, 0.6) is 0 Å². The molecule has 2 aliphatic rings. The van der Waals surface area contributed by atoms with Gasteiger partial charge in [0.2, 0.25) is 5.91 Å². The van der Waals surface area contributed by atoms with Gasteiger partial charge in [0.05, 0.1) is 25.1 Å². The summed E-state index contributed by atoms with van der Waals surface area (Å²) in [6.07, 6.45) is 4.85. The fraction of sp³-hybridized carbons (Fsp3) is 0.261. The van der Waals surface area contributed by atoms with Gasteiger partial charge in [0.15, 0.2) is 17.7 Å². The van der Waals surface area contributed by atoms with Crippen LogP contribution in [0.4, 0.5) is 14.6 Å². The number of carbonyl (C=O) groups is 3. The van der Waals surface area contributed by atoms with Crippen molar-refractivity contribution in [2.24, 2.45) is 10.8 Å². The number of likely N-dealkylation sites (tertiary alicyclic amines) is 1. The summed E-state index contributed by atoms with van der Waals surface area (Å²) in [7, 11) is 0. The van der Waals surface area contributed by atoms with Crippen LogP contribution in [-0.4, -0.2) is 89.3 Å². The minimum absolute atomic E-state index is 0.0535. The maximum Gasteiger partial charge on any atom is 0.291 e. The van der Waals surface area contributed by atoms with E-state index in [1.807, 2.05) is 0 Å². The number of nitrogens with zero attached hydrogens (tertiary/aromatic N) is 8. The molecule has 0 aliphatic carbocycles. The van der Waals surface area contributed by atoms with Gasteiger partial charge in [0, 0.05) is 23.3 Å². The Balaban J connectivity index is 1.32. The number of hydrogen-bond acceptors (Lipinski definition) is 8. The Morgan fingerprint density at radius 3 is 2.69 bits per heavy atom. The van der Waals surface area contributed by atoms with Crippen molar-refractivity contribution in [2.75, 3.05) is 18.4 Å². The van der Waals surface area contributed by atoms with Gasteiger partial charge in [-0.2, -0.15) is 5.10 Å². The number of aromatic nitrogens is 5. The van der Waals surface area contributed by atoms with Crippen LogP contribution < -0.4 is 11.1 Å². The second kappa shape index (κ2) is 10.7. The van der Waals surface area contributed by atoms with Crippen LogP contribution in [0.15, 0.2) is 52.7 Å². The SMILES string of the molecule is NC(=O)C1=N[N+](CC(=O)N2C[C@H](F)C[C@H]2C(=O)Nc2cccc(Br)n2)=CC1c1cnn(-c2ncc(F)cn2)c1. The van der Waals surface area contributed by atoms with Gasteiger partial charge in [-0.3, -0.25) is 14.4 Å². The number of anilines is 1. The first-order valence-electron chi connectivity index (χ1n) is 11.6. The highest BCUT2D eigenvalue weighted by Gasteiger charge is 2.42. The summed E-state index contributed by atoms with van der Waals surface area (Å²) < 4.78 is 30.5. The van der Waals surface area contributed by atoms with E-state index in [9.17, 15) is 23.2 Å². The molecular formula is C23H20BrF2N10O3+. The van der Waals surface area contributed by atoms with Gasteiger partial charge < -0.3 is 16.0 Å². The van der Waals surface area contributed by atoms with Crippen LogP contribution in [0.3, 0.4) is 0 Å². The lowest BCUT2D eigenvalue weighted by atomic mass is 9.98. The number of pyridine rings is 1. The first-order valence-corrected chi connectivity index (χ1v) is 12.4. The van der Waals surface area contributed by atoms with E-state index in [2.05, 4.69) is 46.4 Å². The average Bonchev–Trinajstić information content (AvgIpc) is 3.63. The summed E-state index contributed by atoms with van der Waals surface area (Å²) in [5, 5.41) is 10.9. The molecule has 200 valence electrons. The molecule has 13 nitrogen and oxygen atoms in total. The second-order valence-electron chi connectivity index (χ2n) is 8.72. The zero-order valence-corrected chi connectivity index (χ0v) is 21.6. The van der Waals surface area contributed by atoms with E-state index in [0.29, 0.717) is 10.2 Å². The van der Waals surface area contributed by atoms with Crippen molar-refractivity contribution in [1.29, 1.82) is 0 Å². The van der Waals surface area contributed by atoms with Gasteiger partial charge in [-0.15, -0.1) is 0 Å². The van der Waals surface area contributed by atoms with E-state index in [-0.39, 0.29) is 37.0 Å².